The number of anilines is 5. The van der Waals surface area contributed by atoms with E-state index in [4.69, 9.17) is 0 Å². The number of hydrogen-bond donors (Lipinski definition) is 2. The van der Waals surface area contributed by atoms with Crippen LogP contribution < -0.4 is 20.4 Å². The molecule has 0 saturated carbocycles. The zero-order valence-electron chi connectivity index (χ0n) is 21.9. The molecule has 204 valence electrons. The number of halogens is 3. The maximum atomic E-state index is 13.4. The van der Waals surface area contributed by atoms with Crippen molar-refractivity contribution in [3.63, 3.8) is 0 Å². The van der Waals surface area contributed by atoms with Crippen molar-refractivity contribution in [1.82, 2.24) is 9.97 Å². The number of pyridine rings is 2. The molecule has 2 N–H and O–H groups in total. The molecule has 0 unspecified atom stereocenters. The minimum absolute atomic E-state index is 0.128. The lowest BCUT2D eigenvalue weighted by atomic mass is 10.1. The second kappa shape index (κ2) is 10.3. The largest absolute Gasteiger partial charge is 0.416 e. The normalized spacial score (nSPS) is 13.2. The predicted octanol–water partition coefficient (Wildman–Crippen LogP) is 6.68. The summed E-state index contributed by atoms with van der Waals surface area (Å²) in [6.07, 6.45) is -1.16. The Morgan fingerprint density at radius 3 is 2.42 bits per heavy atom. The molecule has 5 rings (SSSR count). The highest BCUT2D eigenvalue weighted by Gasteiger charge is 2.32. The first kappa shape index (κ1) is 26.7. The Morgan fingerprint density at radius 1 is 0.925 bits per heavy atom. The fourth-order valence-corrected chi connectivity index (χ4v) is 4.39. The van der Waals surface area contributed by atoms with Gasteiger partial charge in [0.15, 0.2) is 0 Å². The van der Waals surface area contributed by atoms with Crippen molar-refractivity contribution in [3.8, 4) is 0 Å². The van der Waals surface area contributed by atoms with E-state index in [1.165, 1.54) is 17.0 Å². The van der Waals surface area contributed by atoms with Crippen LogP contribution in [0.5, 0.6) is 0 Å². The number of amides is 3. The van der Waals surface area contributed by atoms with Crippen LogP contribution in [-0.2, 0) is 12.7 Å². The van der Waals surface area contributed by atoms with Gasteiger partial charge in [0.25, 0.3) is 5.91 Å². The fraction of sp³-hybridized carbons (Fsp3) is 0.172. The topological polar surface area (TPSA) is 90.5 Å². The molecule has 2 aromatic heterocycles. The molecule has 1 aliphatic rings. The summed E-state index contributed by atoms with van der Waals surface area (Å²) in [5.41, 5.74) is 3.81. The van der Waals surface area contributed by atoms with E-state index in [2.05, 4.69) is 20.6 Å². The number of aryl methyl sites for hydroxylation is 2. The highest BCUT2D eigenvalue weighted by atomic mass is 19.4. The summed E-state index contributed by atoms with van der Waals surface area (Å²) >= 11 is 0. The van der Waals surface area contributed by atoms with E-state index in [0.29, 0.717) is 22.9 Å². The molecule has 0 saturated heterocycles. The van der Waals surface area contributed by atoms with Crippen LogP contribution in [0.3, 0.4) is 0 Å². The average molecular weight is 547 g/mol. The van der Waals surface area contributed by atoms with Gasteiger partial charge in [-0.2, -0.15) is 13.2 Å². The summed E-state index contributed by atoms with van der Waals surface area (Å²) in [6, 6.07) is 14.5. The van der Waals surface area contributed by atoms with Crippen molar-refractivity contribution in [1.29, 1.82) is 0 Å². The molecule has 0 aliphatic carbocycles. The number of fused-ring (bicyclic) bond motifs is 1. The molecule has 4 aromatic rings. The van der Waals surface area contributed by atoms with Crippen LogP contribution >= 0.6 is 0 Å². The van der Waals surface area contributed by atoms with E-state index in [9.17, 15) is 22.8 Å². The minimum Gasteiger partial charge on any atom is -0.339 e. The molecule has 2 aromatic carbocycles. The van der Waals surface area contributed by atoms with Gasteiger partial charge in [0.2, 0.25) is 0 Å². The standard InChI is InChI=1S/C29H25F3N6O2/c1-17-7-9-22(36-27(39)19-5-4-6-21(11-19)29(30,31)32)12-24(17)38-16-20-14-34-26(13-25(20)37(3)28(38)40)35-23-10-8-18(2)33-15-23/h4-15H,16H2,1-3H3,(H,34,35)(H,36,39). The predicted molar refractivity (Wildman–Crippen MR) is 147 cm³/mol. The Hall–Kier alpha value is -4.93. The van der Waals surface area contributed by atoms with Gasteiger partial charge in [-0.1, -0.05) is 12.1 Å². The molecule has 0 radical (unpaired) electrons. The summed E-state index contributed by atoms with van der Waals surface area (Å²) in [6.45, 7) is 3.97. The Bertz CT molecular complexity index is 1600. The van der Waals surface area contributed by atoms with Gasteiger partial charge in [0.1, 0.15) is 5.82 Å². The van der Waals surface area contributed by atoms with Gasteiger partial charge in [0.05, 0.1) is 35.4 Å². The first-order valence-electron chi connectivity index (χ1n) is 12.3. The number of rotatable bonds is 5. The van der Waals surface area contributed by atoms with E-state index in [0.717, 1.165) is 34.6 Å². The number of carbonyl (C=O) groups excluding carboxylic acids is 2. The Labute approximate surface area is 228 Å². The van der Waals surface area contributed by atoms with Crippen LogP contribution in [0.2, 0.25) is 0 Å². The fourth-order valence-electron chi connectivity index (χ4n) is 4.39. The lowest BCUT2D eigenvalue weighted by Gasteiger charge is -2.36. The quantitative estimate of drug-likeness (QED) is 0.291. The lowest BCUT2D eigenvalue weighted by molar-refractivity contribution is -0.137. The number of carbonyl (C=O) groups is 2. The summed E-state index contributed by atoms with van der Waals surface area (Å²) in [7, 11) is 1.67. The van der Waals surface area contributed by atoms with E-state index in [1.54, 1.807) is 48.6 Å². The number of benzene rings is 2. The third-order valence-electron chi connectivity index (χ3n) is 6.56. The third kappa shape index (κ3) is 5.44. The lowest BCUT2D eigenvalue weighted by Crippen LogP contribution is -2.45. The number of urea groups is 1. The number of alkyl halides is 3. The molecule has 8 nitrogen and oxygen atoms in total. The smallest absolute Gasteiger partial charge is 0.339 e. The SMILES string of the molecule is Cc1ccc(Nc2cc3c(cn2)CN(c2cc(NC(=O)c4cccc(C(F)(F)F)c4)ccc2C)C(=O)N3C)cn1. The van der Waals surface area contributed by atoms with Crippen LogP contribution in [0.25, 0.3) is 0 Å². The third-order valence-corrected chi connectivity index (χ3v) is 6.56. The van der Waals surface area contributed by atoms with E-state index in [1.807, 2.05) is 26.0 Å². The summed E-state index contributed by atoms with van der Waals surface area (Å²) in [4.78, 5) is 38.0. The molecule has 0 bridgehead atoms. The van der Waals surface area contributed by atoms with Crippen molar-refractivity contribution >= 4 is 40.5 Å². The van der Waals surface area contributed by atoms with Crippen LogP contribution in [0, 0.1) is 13.8 Å². The molecule has 3 amide bonds. The van der Waals surface area contributed by atoms with Crippen molar-refractivity contribution < 1.29 is 22.8 Å². The molecular weight excluding hydrogens is 521 g/mol. The average Bonchev–Trinajstić information content (AvgIpc) is 2.93. The van der Waals surface area contributed by atoms with Crippen LogP contribution in [-0.4, -0.2) is 29.0 Å². The monoisotopic (exact) mass is 546 g/mol. The van der Waals surface area contributed by atoms with Crippen LogP contribution in [0.15, 0.2) is 73.1 Å². The van der Waals surface area contributed by atoms with Crippen LogP contribution in [0.4, 0.5) is 46.5 Å². The second-order valence-corrected chi connectivity index (χ2v) is 9.47. The van der Waals surface area contributed by atoms with Crippen molar-refractivity contribution in [2.45, 2.75) is 26.6 Å². The first-order chi connectivity index (χ1) is 19.0. The number of nitrogens with zero attached hydrogens (tertiary/aromatic N) is 4. The van der Waals surface area contributed by atoms with E-state index in [-0.39, 0.29) is 18.1 Å². The van der Waals surface area contributed by atoms with Gasteiger partial charge < -0.3 is 10.6 Å². The maximum absolute atomic E-state index is 13.4. The zero-order valence-corrected chi connectivity index (χ0v) is 21.9. The van der Waals surface area contributed by atoms with Gasteiger partial charge in [-0.3, -0.25) is 19.6 Å². The molecule has 0 spiro atoms. The molecular formula is C29H25F3N6O2. The minimum atomic E-state index is -4.56. The van der Waals surface area contributed by atoms with Crippen molar-refractivity contribution in [3.05, 3.63) is 101 Å². The second-order valence-electron chi connectivity index (χ2n) is 9.47. The zero-order chi connectivity index (χ0) is 28.6. The molecule has 1 aliphatic heterocycles. The Morgan fingerprint density at radius 2 is 1.70 bits per heavy atom. The first-order valence-corrected chi connectivity index (χ1v) is 12.3. The molecule has 3 heterocycles. The number of hydrogen-bond acceptors (Lipinski definition) is 5. The van der Waals surface area contributed by atoms with Gasteiger partial charge >= 0.3 is 12.2 Å². The summed E-state index contributed by atoms with van der Waals surface area (Å²) in [5.74, 6) is -0.130. The molecule has 40 heavy (non-hydrogen) atoms. The van der Waals surface area contributed by atoms with Gasteiger partial charge in [-0.25, -0.2) is 9.78 Å². The van der Waals surface area contributed by atoms with E-state index < -0.39 is 17.6 Å². The molecule has 0 atom stereocenters. The number of nitrogens with one attached hydrogen (secondary N) is 2. The van der Waals surface area contributed by atoms with Crippen molar-refractivity contribution in [2.24, 2.45) is 0 Å². The Balaban J connectivity index is 1.37. The van der Waals surface area contributed by atoms with Crippen LogP contribution in [0.1, 0.15) is 32.7 Å². The number of aromatic nitrogens is 2. The van der Waals surface area contributed by atoms with Crippen molar-refractivity contribution in [2.75, 3.05) is 27.5 Å². The molecule has 0 fully saturated rings. The summed E-state index contributed by atoms with van der Waals surface area (Å²) < 4.78 is 39.3. The Kier molecular flexibility index (Phi) is 6.88. The highest BCUT2D eigenvalue weighted by molar-refractivity contribution is 6.08. The highest BCUT2D eigenvalue weighted by Crippen LogP contribution is 2.35. The van der Waals surface area contributed by atoms with Gasteiger partial charge in [0, 0.05) is 41.8 Å². The maximum Gasteiger partial charge on any atom is 0.416 e. The summed E-state index contributed by atoms with van der Waals surface area (Å²) in [5, 5.41) is 5.83. The van der Waals surface area contributed by atoms with Gasteiger partial charge in [-0.05, 0) is 61.9 Å². The van der Waals surface area contributed by atoms with Gasteiger partial charge in [-0.15, -0.1) is 0 Å². The molecule has 11 heteroatoms. The van der Waals surface area contributed by atoms with E-state index >= 15 is 0 Å².